The Morgan fingerprint density at radius 1 is 0.906 bits per heavy atom. The van der Waals surface area contributed by atoms with E-state index in [1.54, 1.807) is 0 Å². The van der Waals surface area contributed by atoms with Gasteiger partial charge in [-0.1, -0.05) is 48.0 Å². The number of halogens is 1. The molecule has 1 aliphatic rings. The largest absolute Gasteiger partial charge is 0.480 e. The highest BCUT2D eigenvalue weighted by molar-refractivity contribution is 6.31. The molecule has 6 nitrogen and oxygen atoms in total. The van der Waals surface area contributed by atoms with Crippen molar-refractivity contribution in [3.8, 4) is 22.5 Å². The standard InChI is InChI=1S/C25H23ClN4O2/c26-20-7-10-22-23(15-20)28-25(27-22)19-3-1-17(2-4-19)18-5-8-21(9-6-18)30-13-11-29(12-14-30)16-24(31)32/h1-10,15H,11-14,16H2,(H,27,28)(H,31,32). The second-order valence-corrected chi connectivity index (χ2v) is 8.46. The van der Waals surface area contributed by atoms with E-state index < -0.39 is 5.97 Å². The van der Waals surface area contributed by atoms with Gasteiger partial charge in [-0.15, -0.1) is 0 Å². The summed E-state index contributed by atoms with van der Waals surface area (Å²) in [5, 5.41) is 9.64. The summed E-state index contributed by atoms with van der Waals surface area (Å²) in [7, 11) is 0. The second kappa shape index (κ2) is 8.65. The molecule has 162 valence electrons. The smallest absolute Gasteiger partial charge is 0.317 e. The van der Waals surface area contributed by atoms with Gasteiger partial charge in [-0.25, -0.2) is 4.98 Å². The number of aromatic amines is 1. The van der Waals surface area contributed by atoms with Gasteiger partial charge in [-0.2, -0.15) is 0 Å². The highest BCUT2D eigenvalue weighted by Gasteiger charge is 2.18. The Kier molecular flexibility index (Phi) is 5.55. The highest BCUT2D eigenvalue weighted by atomic mass is 35.5. The summed E-state index contributed by atoms with van der Waals surface area (Å²) < 4.78 is 0. The molecule has 2 heterocycles. The van der Waals surface area contributed by atoms with E-state index in [4.69, 9.17) is 16.7 Å². The number of rotatable bonds is 5. The lowest BCUT2D eigenvalue weighted by Crippen LogP contribution is -2.47. The maximum Gasteiger partial charge on any atom is 0.317 e. The van der Waals surface area contributed by atoms with Gasteiger partial charge in [0.1, 0.15) is 5.82 Å². The zero-order chi connectivity index (χ0) is 22.1. The van der Waals surface area contributed by atoms with Crippen molar-refractivity contribution in [2.45, 2.75) is 0 Å². The van der Waals surface area contributed by atoms with Crippen LogP contribution in [-0.2, 0) is 4.79 Å². The molecule has 7 heteroatoms. The molecule has 1 fully saturated rings. The lowest BCUT2D eigenvalue weighted by Gasteiger charge is -2.35. The molecule has 0 unspecified atom stereocenters. The van der Waals surface area contributed by atoms with Crippen molar-refractivity contribution in [3.05, 3.63) is 71.8 Å². The Labute approximate surface area is 191 Å². The lowest BCUT2D eigenvalue weighted by atomic mass is 10.0. The molecule has 5 rings (SSSR count). The number of nitrogens with zero attached hydrogens (tertiary/aromatic N) is 3. The minimum absolute atomic E-state index is 0.116. The van der Waals surface area contributed by atoms with Crippen LogP contribution in [0.2, 0.25) is 5.02 Å². The number of piperazine rings is 1. The molecule has 32 heavy (non-hydrogen) atoms. The minimum Gasteiger partial charge on any atom is -0.480 e. The van der Waals surface area contributed by atoms with Gasteiger partial charge in [-0.05, 0) is 41.5 Å². The molecule has 0 aliphatic carbocycles. The molecule has 0 bridgehead atoms. The van der Waals surface area contributed by atoms with E-state index in [0.29, 0.717) is 5.02 Å². The van der Waals surface area contributed by atoms with Crippen LogP contribution in [0.5, 0.6) is 0 Å². The van der Waals surface area contributed by atoms with E-state index in [0.717, 1.165) is 59.7 Å². The van der Waals surface area contributed by atoms with Crippen LogP contribution >= 0.6 is 11.6 Å². The van der Waals surface area contributed by atoms with Crippen molar-refractivity contribution in [1.29, 1.82) is 0 Å². The maximum absolute atomic E-state index is 10.9. The van der Waals surface area contributed by atoms with Crippen LogP contribution in [0.25, 0.3) is 33.5 Å². The summed E-state index contributed by atoms with van der Waals surface area (Å²) >= 11 is 6.07. The summed E-state index contributed by atoms with van der Waals surface area (Å²) in [5.74, 6) is 0.0599. The number of anilines is 1. The highest BCUT2D eigenvalue weighted by Crippen LogP contribution is 2.27. The molecule has 0 radical (unpaired) electrons. The fraction of sp³-hybridized carbons (Fsp3) is 0.200. The van der Waals surface area contributed by atoms with Gasteiger partial charge < -0.3 is 15.0 Å². The summed E-state index contributed by atoms with van der Waals surface area (Å²) in [6.45, 7) is 3.33. The van der Waals surface area contributed by atoms with Crippen molar-refractivity contribution in [3.63, 3.8) is 0 Å². The number of carboxylic acid groups (broad SMARTS) is 1. The number of aliphatic carboxylic acids is 1. The van der Waals surface area contributed by atoms with Crippen molar-refractivity contribution in [2.24, 2.45) is 0 Å². The van der Waals surface area contributed by atoms with Gasteiger partial charge in [-0.3, -0.25) is 9.69 Å². The van der Waals surface area contributed by atoms with Crippen LogP contribution in [0.1, 0.15) is 0 Å². The number of carbonyl (C=O) groups is 1. The Bertz CT molecular complexity index is 1240. The molecular weight excluding hydrogens is 424 g/mol. The predicted octanol–water partition coefficient (Wildman–Crippen LogP) is 4.76. The first-order chi connectivity index (χ1) is 15.5. The Balaban J connectivity index is 1.27. The molecule has 3 aromatic carbocycles. The van der Waals surface area contributed by atoms with Gasteiger partial charge in [0.15, 0.2) is 0 Å². The molecule has 0 atom stereocenters. The quantitative estimate of drug-likeness (QED) is 0.462. The van der Waals surface area contributed by atoms with E-state index in [1.807, 2.05) is 23.1 Å². The van der Waals surface area contributed by atoms with E-state index in [-0.39, 0.29) is 6.54 Å². The SMILES string of the molecule is O=C(O)CN1CCN(c2ccc(-c3ccc(-c4nc5ccc(Cl)cc5[nH]4)cc3)cc2)CC1. The molecular formula is C25H23ClN4O2. The molecule has 0 spiro atoms. The van der Waals surface area contributed by atoms with Crippen molar-refractivity contribution in [1.82, 2.24) is 14.9 Å². The van der Waals surface area contributed by atoms with E-state index in [2.05, 4.69) is 63.4 Å². The average Bonchev–Trinajstić information content (AvgIpc) is 3.23. The molecule has 2 N–H and O–H groups in total. The molecule has 0 amide bonds. The number of benzene rings is 3. The van der Waals surface area contributed by atoms with E-state index >= 15 is 0 Å². The molecule has 1 aliphatic heterocycles. The van der Waals surface area contributed by atoms with Crippen molar-refractivity contribution >= 4 is 34.3 Å². The van der Waals surface area contributed by atoms with Gasteiger partial charge in [0.25, 0.3) is 0 Å². The molecule has 4 aromatic rings. The normalized spacial score (nSPS) is 14.7. The number of nitrogens with one attached hydrogen (secondary N) is 1. The topological polar surface area (TPSA) is 72.5 Å². The van der Waals surface area contributed by atoms with Crippen LogP contribution in [0, 0.1) is 0 Å². The van der Waals surface area contributed by atoms with Crippen LogP contribution in [0.4, 0.5) is 5.69 Å². The van der Waals surface area contributed by atoms with Crippen LogP contribution in [0.3, 0.4) is 0 Å². The second-order valence-electron chi connectivity index (χ2n) is 8.03. The number of H-pyrrole nitrogens is 1. The first kappa shape index (κ1) is 20.5. The average molecular weight is 447 g/mol. The number of imidazole rings is 1. The zero-order valence-corrected chi connectivity index (χ0v) is 18.2. The number of carboxylic acids is 1. The third kappa shape index (κ3) is 4.33. The summed E-state index contributed by atoms with van der Waals surface area (Å²) in [6, 6.07) is 22.6. The Morgan fingerprint density at radius 2 is 1.53 bits per heavy atom. The third-order valence-corrected chi connectivity index (χ3v) is 6.13. The van der Waals surface area contributed by atoms with Gasteiger partial charge in [0, 0.05) is 42.5 Å². The van der Waals surface area contributed by atoms with E-state index in [1.165, 1.54) is 5.69 Å². The summed E-state index contributed by atoms with van der Waals surface area (Å²) in [4.78, 5) is 23.2. The minimum atomic E-state index is -0.765. The van der Waals surface area contributed by atoms with Gasteiger partial charge in [0.05, 0.1) is 17.6 Å². The van der Waals surface area contributed by atoms with Crippen molar-refractivity contribution < 1.29 is 9.90 Å². The monoisotopic (exact) mass is 446 g/mol. The first-order valence-electron chi connectivity index (χ1n) is 10.6. The summed E-state index contributed by atoms with van der Waals surface area (Å²) in [5.41, 5.74) is 6.31. The number of hydrogen-bond donors (Lipinski definition) is 2. The first-order valence-corrected chi connectivity index (χ1v) is 11.0. The molecule has 1 saturated heterocycles. The van der Waals surface area contributed by atoms with E-state index in [9.17, 15) is 4.79 Å². The van der Waals surface area contributed by atoms with Gasteiger partial charge >= 0.3 is 5.97 Å². The van der Waals surface area contributed by atoms with Crippen LogP contribution in [0.15, 0.2) is 66.7 Å². The number of aromatic nitrogens is 2. The lowest BCUT2D eigenvalue weighted by molar-refractivity contribution is -0.138. The Morgan fingerprint density at radius 3 is 2.19 bits per heavy atom. The third-order valence-electron chi connectivity index (χ3n) is 5.90. The zero-order valence-electron chi connectivity index (χ0n) is 17.5. The Hall–Kier alpha value is -3.35. The molecule has 1 aromatic heterocycles. The fourth-order valence-corrected chi connectivity index (χ4v) is 4.33. The van der Waals surface area contributed by atoms with Gasteiger partial charge in [0.2, 0.25) is 0 Å². The van der Waals surface area contributed by atoms with Crippen LogP contribution < -0.4 is 4.90 Å². The maximum atomic E-state index is 10.9. The number of fused-ring (bicyclic) bond motifs is 1. The van der Waals surface area contributed by atoms with Crippen LogP contribution in [-0.4, -0.2) is 58.7 Å². The predicted molar refractivity (Wildman–Crippen MR) is 128 cm³/mol. The fourth-order valence-electron chi connectivity index (χ4n) is 4.16. The molecule has 0 saturated carbocycles. The number of hydrogen-bond acceptors (Lipinski definition) is 4. The van der Waals surface area contributed by atoms with Crippen molar-refractivity contribution in [2.75, 3.05) is 37.6 Å². The summed E-state index contributed by atoms with van der Waals surface area (Å²) in [6.07, 6.45) is 0.